The number of benzene rings is 1. The summed E-state index contributed by atoms with van der Waals surface area (Å²) in [5.41, 5.74) is 3.73. The standard InChI is InChI=1S/C24H28N2O3S/c1-16-17(2)30-24(25-23(27)20-8-7-15-29-20)21(16)22(26-13-5-4-6-14-26)18-9-11-19(28-3)12-10-18/h7-12,15,22H,4-6,13-14H2,1-3H3,(H,25,27)/p+1/t22-/m0/s1. The molecule has 30 heavy (non-hydrogen) atoms. The van der Waals surface area contributed by atoms with Crippen molar-refractivity contribution >= 4 is 22.2 Å². The minimum absolute atomic E-state index is 0.174. The maximum Gasteiger partial charge on any atom is 0.291 e. The summed E-state index contributed by atoms with van der Waals surface area (Å²) in [4.78, 5) is 15.5. The Kier molecular flexibility index (Phi) is 6.25. The van der Waals surface area contributed by atoms with E-state index in [0.717, 1.165) is 23.8 Å². The van der Waals surface area contributed by atoms with Crippen molar-refractivity contribution in [2.75, 3.05) is 25.5 Å². The number of carbonyl (C=O) groups is 1. The Labute approximate surface area is 181 Å². The van der Waals surface area contributed by atoms with Gasteiger partial charge in [0.15, 0.2) is 5.76 Å². The van der Waals surface area contributed by atoms with Crippen molar-refractivity contribution in [1.82, 2.24) is 0 Å². The van der Waals surface area contributed by atoms with E-state index in [9.17, 15) is 4.79 Å². The van der Waals surface area contributed by atoms with Gasteiger partial charge in [-0.15, -0.1) is 11.3 Å². The minimum atomic E-state index is -0.204. The lowest BCUT2D eigenvalue weighted by Gasteiger charge is -2.33. The van der Waals surface area contributed by atoms with E-state index in [0.29, 0.717) is 5.76 Å². The zero-order chi connectivity index (χ0) is 21.1. The van der Waals surface area contributed by atoms with Gasteiger partial charge in [-0.05, 0) is 75.1 Å². The lowest BCUT2D eigenvalue weighted by molar-refractivity contribution is -0.930. The number of quaternary nitrogens is 1. The van der Waals surface area contributed by atoms with Gasteiger partial charge in [0.2, 0.25) is 0 Å². The first-order chi connectivity index (χ1) is 14.6. The van der Waals surface area contributed by atoms with Crippen molar-refractivity contribution in [2.24, 2.45) is 0 Å². The van der Waals surface area contributed by atoms with Crippen molar-refractivity contribution in [3.8, 4) is 5.75 Å². The fourth-order valence-corrected chi connectivity index (χ4v) is 5.45. The van der Waals surface area contributed by atoms with Gasteiger partial charge >= 0.3 is 0 Å². The van der Waals surface area contributed by atoms with Crippen LogP contribution in [-0.4, -0.2) is 26.1 Å². The summed E-state index contributed by atoms with van der Waals surface area (Å²) >= 11 is 1.65. The van der Waals surface area contributed by atoms with E-state index in [-0.39, 0.29) is 11.9 Å². The van der Waals surface area contributed by atoms with Gasteiger partial charge in [-0.1, -0.05) is 0 Å². The number of thiophene rings is 1. The number of anilines is 1. The second kappa shape index (κ2) is 9.06. The lowest BCUT2D eigenvalue weighted by atomic mass is 9.93. The summed E-state index contributed by atoms with van der Waals surface area (Å²) in [5, 5.41) is 4.06. The van der Waals surface area contributed by atoms with Crippen LogP contribution in [0.4, 0.5) is 5.00 Å². The molecule has 0 spiro atoms. The Balaban J connectivity index is 1.76. The minimum Gasteiger partial charge on any atom is -0.497 e. The number of aryl methyl sites for hydroxylation is 1. The molecule has 1 fully saturated rings. The number of nitrogens with one attached hydrogen (secondary N) is 2. The van der Waals surface area contributed by atoms with Gasteiger partial charge in [0.05, 0.1) is 32.0 Å². The molecule has 158 valence electrons. The van der Waals surface area contributed by atoms with Gasteiger partial charge < -0.3 is 19.4 Å². The SMILES string of the molecule is COc1ccc([C@@H](c2c(NC(=O)c3ccco3)sc(C)c2C)[NH+]2CCCCC2)cc1. The van der Waals surface area contributed by atoms with Crippen molar-refractivity contribution in [3.63, 3.8) is 0 Å². The average Bonchev–Trinajstić information content (AvgIpc) is 3.40. The normalized spacial score (nSPS) is 15.7. The molecule has 6 heteroatoms. The maximum atomic E-state index is 12.7. The van der Waals surface area contributed by atoms with Gasteiger partial charge in [-0.3, -0.25) is 4.79 Å². The fourth-order valence-electron chi connectivity index (χ4n) is 4.35. The van der Waals surface area contributed by atoms with Gasteiger partial charge in [0, 0.05) is 10.4 Å². The van der Waals surface area contributed by atoms with Gasteiger partial charge in [-0.25, -0.2) is 0 Å². The van der Waals surface area contributed by atoms with Crippen LogP contribution in [0.5, 0.6) is 5.75 Å². The molecule has 1 saturated heterocycles. The Morgan fingerprint density at radius 3 is 2.50 bits per heavy atom. The van der Waals surface area contributed by atoms with Crippen LogP contribution in [0.15, 0.2) is 47.1 Å². The van der Waals surface area contributed by atoms with E-state index in [1.165, 1.54) is 47.1 Å². The first-order valence-corrected chi connectivity index (χ1v) is 11.3. The Hall–Kier alpha value is -2.57. The summed E-state index contributed by atoms with van der Waals surface area (Å²) < 4.78 is 10.7. The van der Waals surface area contributed by atoms with Gasteiger partial charge in [0.25, 0.3) is 5.91 Å². The quantitative estimate of drug-likeness (QED) is 0.616. The number of hydrogen-bond acceptors (Lipinski definition) is 4. The molecule has 2 N–H and O–H groups in total. The predicted molar refractivity (Wildman–Crippen MR) is 120 cm³/mol. The summed E-state index contributed by atoms with van der Waals surface area (Å²) in [6, 6.07) is 12.0. The molecular weight excluding hydrogens is 396 g/mol. The molecule has 0 saturated carbocycles. The van der Waals surface area contributed by atoms with E-state index in [1.807, 2.05) is 12.1 Å². The van der Waals surface area contributed by atoms with Crippen molar-refractivity contribution in [3.05, 3.63) is 70.0 Å². The highest BCUT2D eigenvalue weighted by Crippen LogP contribution is 2.39. The smallest absolute Gasteiger partial charge is 0.291 e. The second-order valence-electron chi connectivity index (χ2n) is 7.88. The topological polar surface area (TPSA) is 55.9 Å². The maximum absolute atomic E-state index is 12.7. The molecule has 4 rings (SSSR count). The number of carbonyl (C=O) groups excluding carboxylic acids is 1. The molecule has 0 radical (unpaired) electrons. The number of ether oxygens (including phenoxy) is 1. The summed E-state index contributed by atoms with van der Waals surface area (Å²) in [6.45, 7) is 6.57. The van der Waals surface area contributed by atoms with Gasteiger partial charge in [0.1, 0.15) is 16.8 Å². The predicted octanol–water partition coefficient (Wildman–Crippen LogP) is 4.38. The highest BCUT2D eigenvalue weighted by Gasteiger charge is 2.33. The largest absolute Gasteiger partial charge is 0.497 e. The monoisotopic (exact) mass is 425 g/mol. The molecule has 0 unspecified atom stereocenters. The molecule has 1 aliphatic heterocycles. The Morgan fingerprint density at radius 1 is 1.13 bits per heavy atom. The average molecular weight is 426 g/mol. The molecule has 5 nitrogen and oxygen atoms in total. The van der Waals surface area contributed by atoms with E-state index in [1.54, 1.807) is 35.5 Å². The third-order valence-electron chi connectivity index (χ3n) is 6.05. The first kappa shape index (κ1) is 20.7. The molecule has 2 aromatic heterocycles. The number of hydrogen-bond donors (Lipinski definition) is 2. The molecule has 3 heterocycles. The summed E-state index contributed by atoms with van der Waals surface area (Å²) in [6.07, 6.45) is 5.29. The van der Waals surface area contributed by atoms with Crippen LogP contribution in [-0.2, 0) is 0 Å². The molecule has 1 amide bonds. The molecule has 0 aliphatic carbocycles. The molecule has 1 aliphatic rings. The number of piperidine rings is 1. The summed E-state index contributed by atoms with van der Waals surface area (Å²) in [7, 11) is 1.69. The molecule has 1 atom stereocenters. The number of amides is 1. The number of rotatable bonds is 6. The van der Waals surface area contributed by atoms with Crippen molar-refractivity contribution < 1.29 is 18.8 Å². The zero-order valence-electron chi connectivity index (χ0n) is 17.8. The number of furan rings is 1. The highest BCUT2D eigenvalue weighted by molar-refractivity contribution is 7.16. The highest BCUT2D eigenvalue weighted by atomic mass is 32.1. The Bertz CT molecular complexity index is 986. The third-order valence-corrected chi connectivity index (χ3v) is 7.18. The van der Waals surface area contributed by atoms with Gasteiger partial charge in [-0.2, -0.15) is 0 Å². The lowest BCUT2D eigenvalue weighted by Crippen LogP contribution is -3.13. The van der Waals surface area contributed by atoms with Crippen LogP contribution in [0.25, 0.3) is 0 Å². The molecule has 3 aromatic rings. The van der Waals surface area contributed by atoms with Crippen molar-refractivity contribution in [1.29, 1.82) is 0 Å². The molecular formula is C24H29N2O3S+. The van der Waals surface area contributed by atoms with Crippen LogP contribution in [0.1, 0.15) is 57.4 Å². The first-order valence-electron chi connectivity index (χ1n) is 10.5. The fraction of sp³-hybridized carbons (Fsp3) is 0.375. The number of likely N-dealkylation sites (tertiary alicyclic amines) is 1. The second-order valence-corrected chi connectivity index (χ2v) is 9.11. The Morgan fingerprint density at radius 2 is 1.87 bits per heavy atom. The summed E-state index contributed by atoms with van der Waals surface area (Å²) in [5.74, 6) is 0.983. The third kappa shape index (κ3) is 4.16. The van der Waals surface area contributed by atoms with E-state index in [4.69, 9.17) is 9.15 Å². The van der Waals surface area contributed by atoms with Crippen LogP contribution in [0, 0.1) is 13.8 Å². The number of methoxy groups -OCH3 is 1. The molecule has 1 aromatic carbocycles. The zero-order valence-corrected chi connectivity index (χ0v) is 18.6. The van der Waals surface area contributed by atoms with Crippen LogP contribution < -0.4 is 15.0 Å². The van der Waals surface area contributed by atoms with E-state index < -0.39 is 0 Å². The van der Waals surface area contributed by atoms with Crippen LogP contribution in [0.3, 0.4) is 0 Å². The van der Waals surface area contributed by atoms with Crippen molar-refractivity contribution in [2.45, 2.75) is 39.2 Å². The van der Waals surface area contributed by atoms with Crippen LogP contribution >= 0.6 is 11.3 Å². The molecule has 0 bridgehead atoms. The van der Waals surface area contributed by atoms with E-state index in [2.05, 4.69) is 31.3 Å². The van der Waals surface area contributed by atoms with Crippen LogP contribution in [0.2, 0.25) is 0 Å². The van der Waals surface area contributed by atoms with E-state index >= 15 is 0 Å².